The van der Waals surface area contributed by atoms with Gasteiger partial charge in [-0.05, 0) is 37.3 Å². The van der Waals surface area contributed by atoms with E-state index in [1.165, 1.54) is 16.7 Å². The lowest BCUT2D eigenvalue weighted by Crippen LogP contribution is -2.24. The Morgan fingerprint density at radius 2 is 2.00 bits per heavy atom. The van der Waals surface area contributed by atoms with Gasteiger partial charge in [0, 0.05) is 17.4 Å². The van der Waals surface area contributed by atoms with Gasteiger partial charge in [0.25, 0.3) is 0 Å². The molecule has 102 valence electrons. The fourth-order valence-corrected chi connectivity index (χ4v) is 2.87. The lowest BCUT2D eigenvalue weighted by Gasteiger charge is -2.22. The Morgan fingerprint density at radius 3 is 2.56 bits per heavy atom. The van der Waals surface area contributed by atoms with Gasteiger partial charge in [0.05, 0.1) is 7.11 Å². The van der Waals surface area contributed by atoms with Gasteiger partial charge >= 0.3 is 0 Å². The third-order valence-electron chi connectivity index (χ3n) is 3.23. The summed E-state index contributed by atoms with van der Waals surface area (Å²) in [6.45, 7) is 9.59. The third kappa shape index (κ3) is 3.66. The summed E-state index contributed by atoms with van der Waals surface area (Å²) in [6, 6.07) is 4.76. The van der Waals surface area contributed by atoms with Crippen LogP contribution in [-0.2, 0) is 0 Å². The van der Waals surface area contributed by atoms with E-state index in [1.54, 1.807) is 7.11 Å². The van der Waals surface area contributed by atoms with Crippen LogP contribution in [0.4, 0.5) is 0 Å². The summed E-state index contributed by atoms with van der Waals surface area (Å²) in [5.74, 6) is 3.27. The number of aryl methyl sites for hydroxylation is 1. The standard InChI is InChI=1S/C15H25NOS/c1-6-16-14(10-18-7-2)13-9-8-11(3)12(4)15(13)17-5/h8-9,14,16H,6-7,10H2,1-5H3. The largest absolute Gasteiger partial charge is 0.496 e. The molecule has 0 saturated carbocycles. The van der Waals surface area contributed by atoms with Crippen molar-refractivity contribution in [2.45, 2.75) is 33.7 Å². The molecule has 0 radical (unpaired) electrons. The van der Waals surface area contributed by atoms with Crippen molar-refractivity contribution in [1.82, 2.24) is 5.32 Å². The van der Waals surface area contributed by atoms with Crippen LogP contribution in [0.1, 0.15) is 36.6 Å². The summed E-state index contributed by atoms with van der Waals surface area (Å²) in [5, 5.41) is 3.55. The molecule has 1 unspecified atom stereocenters. The van der Waals surface area contributed by atoms with Crippen LogP contribution < -0.4 is 10.1 Å². The van der Waals surface area contributed by atoms with Crippen LogP contribution in [0.25, 0.3) is 0 Å². The Labute approximate surface area is 116 Å². The minimum Gasteiger partial charge on any atom is -0.496 e. The molecule has 1 N–H and O–H groups in total. The highest BCUT2D eigenvalue weighted by Gasteiger charge is 2.17. The minimum absolute atomic E-state index is 0.370. The molecule has 0 spiro atoms. The van der Waals surface area contributed by atoms with Gasteiger partial charge in [0.2, 0.25) is 0 Å². The van der Waals surface area contributed by atoms with Crippen molar-refractivity contribution in [1.29, 1.82) is 0 Å². The maximum Gasteiger partial charge on any atom is 0.126 e. The van der Waals surface area contributed by atoms with Crippen LogP contribution in [0.3, 0.4) is 0 Å². The number of rotatable bonds is 7. The van der Waals surface area contributed by atoms with Crippen LogP contribution in [0.5, 0.6) is 5.75 Å². The fraction of sp³-hybridized carbons (Fsp3) is 0.600. The predicted octanol–water partition coefficient (Wildman–Crippen LogP) is 3.72. The number of hydrogen-bond donors (Lipinski definition) is 1. The molecule has 3 heteroatoms. The molecule has 0 heterocycles. The molecule has 0 aliphatic carbocycles. The lowest BCUT2D eigenvalue weighted by atomic mass is 10.00. The van der Waals surface area contributed by atoms with Crippen molar-refractivity contribution in [3.05, 3.63) is 28.8 Å². The molecule has 0 aliphatic heterocycles. The van der Waals surface area contributed by atoms with Gasteiger partial charge in [-0.25, -0.2) is 0 Å². The molecule has 1 aromatic rings. The summed E-state index contributed by atoms with van der Waals surface area (Å²) >= 11 is 1.96. The maximum atomic E-state index is 5.61. The van der Waals surface area contributed by atoms with Gasteiger partial charge in [-0.15, -0.1) is 0 Å². The third-order valence-corrected chi connectivity index (χ3v) is 4.20. The van der Waals surface area contributed by atoms with Crippen molar-refractivity contribution in [2.24, 2.45) is 0 Å². The molecule has 0 bridgehead atoms. The molecule has 0 amide bonds. The highest BCUT2D eigenvalue weighted by atomic mass is 32.2. The molecule has 0 aromatic heterocycles. The summed E-state index contributed by atoms with van der Waals surface area (Å²) in [5.41, 5.74) is 3.82. The van der Waals surface area contributed by atoms with Gasteiger partial charge in [0.1, 0.15) is 5.75 Å². The Hall–Kier alpha value is -0.670. The maximum absolute atomic E-state index is 5.61. The number of methoxy groups -OCH3 is 1. The number of hydrogen-bond acceptors (Lipinski definition) is 3. The highest BCUT2D eigenvalue weighted by molar-refractivity contribution is 7.99. The van der Waals surface area contributed by atoms with Crippen LogP contribution in [0, 0.1) is 13.8 Å². The van der Waals surface area contributed by atoms with Crippen molar-refractivity contribution in [3.8, 4) is 5.75 Å². The molecule has 1 aromatic carbocycles. The van der Waals surface area contributed by atoms with Crippen molar-refractivity contribution < 1.29 is 4.74 Å². The first-order chi connectivity index (χ1) is 8.65. The van der Waals surface area contributed by atoms with E-state index in [-0.39, 0.29) is 0 Å². The number of nitrogens with one attached hydrogen (secondary N) is 1. The number of ether oxygens (including phenoxy) is 1. The Kier molecular flexibility index (Phi) is 6.58. The van der Waals surface area contributed by atoms with Crippen molar-refractivity contribution in [2.75, 3.05) is 25.2 Å². The normalized spacial score (nSPS) is 12.5. The zero-order valence-electron chi connectivity index (χ0n) is 12.2. The molecule has 2 nitrogen and oxygen atoms in total. The minimum atomic E-state index is 0.370. The molecule has 0 saturated heterocycles. The summed E-state index contributed by atoms with van der Waals surface area (Å²) in [6.07, 6.45) is 0. The molecule has 0 aliphatic rings. The first-order valence-corrected chi connectivity index (χ1v) is 7.76. The SMILES string of the molecule is CCNC(CSCC)c1ccc(C)c(C)c1OC. The predicted molar refractivity (Wildman–Crippen MR) is 81.9 cm³/mol. The second-order valence-corrected chi connectivity index (χ2v) is 5.72. The van der Waals surface area contributed by atoms with Gasteiger partial charge < -0.3 is 10.1 Å². The summed E-state index contributed by atoms with van der Waals surface area (Å²) in [7, 11) is 1.77. The van der Waals surface area contributed by atoms with Crippen LogP contribution in [0.15, 0.2) is 12.1 Å². The monoisotopic (exact) mass is 267 g/mol. The summed E-state index contributed by atoms with van der Waals surface area (Å²) in [4.78, 5) is 0. The van der Waals surface area contributed by atoms with Crippen LogP contribution >= 0.6 is 11.8 Å². The Morgan fingerprint density at radius 1 is 1.28 bits per heavy atom. The lowest BCUT2D eigenvalue weighted by molar-refractivity contribution is 0.399. The highest BCUT2D eigenvalue weighted by Crippen LogP contribution is 2.32. The van der Waals surface area contributed by atoms with E-state index in [1.807, 2.05) is 11.8 Å². The van der Waals surface area contributed by atoms with E-state index in [9.17, 15) is 0 Å². The van der Waals surface area contributed by atoms with Gasteiger partial charge in [-0.1, -0.05) is 26.0 Å². The molecule has 18 heavy (non-hydrogen) atoms. The number of benzene rings is 1. The summed E-state index contributed by atoms with van der Waals surface area (Å²) < 4.78 is 5.61. The van der Waals surface area contributed by atoms with E-state index < -0.39 is 0 Å². The second-order valence-electron chi connectivity index (χ2n) is 4.40. The van der Waals surface area contributed by atoms with Crippen molar-refractivity contribution >= 4 is 11.8 Å². The molecular formula is C15H25NOS. The van der Waals surface area contributed by atoms with Gasteiger partial charge in [-0.3, -0.25) is 0 Å². The first kappa shape index (κ1) is 15.4. The van der Waals surface area contributed by atoms with Crippen LogP contribution in [-0.4, -0.2) is 25.2 Å². The Bertz CT molecular complexity index is 379. The zero-order chi connectivity index (χ0) is 13.5. The molecular weight excluding hydrogens is 242 g/mol. The molecule has 1 atom stereocenters. The van der Waals surface area contributed by atoms with Crippen molar-refractivity contribution in [3.63, 3.8) is 0 Å². The van der Waals surface area contributed by atoms with E-state index in [4.69, 9.17) is 4.74 Å². The zero-order valence-corrected chi connectivity index (χ0v) is 13.0. The molecule has 0 fully saturated rings. The van der Waals surface area contributed by atoms with Gasteiger partial charge in [-0.2, -0.15) is 11.8 Å². The fourth-order valence-electron chi connectivity index (χ4n) is 2.10. The first-order valence-electron chi connectivity index (χ1n) is 6.60. The van der Waals surface area contributed by atoms with Gasteiger partial charge in [0.15, 0.2) is 0 Å². The van der Waals surface area contributed by atoms with E-state index in [2.05, 4.69) is 45.1 Å². The van der Waals surface area contributed by atoms with E-state index in [0.29, 0.717) is 6.04 Å². The second kappa shape index (κ2) is 7.70. The molecule has 1 rings (SSSR count). The average Bonchev–Trinajstić information content (AvgIpc) is 2.37. The quantitative estimate of drug-likeness (QED) is 0.813. The van der Waals surface area contributed by atoms with E-state index in [0.717, 1.165) is 23.8 Å². The average molecular weight is 267 g/mol. The van der Waals surface area contributed by atoms with E-state index >= 15 is 0 Å². The Balaban J connectivity index is 3.06. The number of thioether (sulfide) groups is 1. The smallest absolute Gasteiger partial charge is 0.126 e. The van der Waals surface area contributed by atoms with Crippen LogP contribution in [0.2, 0.25) is 0 Å². The topological polar surface area (TPSA) is 21.3 Å².